The summed E-state index contributed by atoms with van der Waals surface area (Å²) in [5.74, 6) is -0.320. The van der Waals surface area contributed by atoms with Gasteiger partial charge in [0.15, 0.2) is 0 Å². The average molecular weight is 297 g/mol. The summed E-state index contributed by atoms with van der Waals surface area (Å²) in [5, 5.41) is 1.33. The van der Waals surface area contributed by atoms with Gasteiger partial charge in [0.1, 0.15) is 0 Å². The maximum atomic E-state index is 12.3. The van der Waals surface area contributed by atoms with E-state index in [1.54, 1.807) is 29.4 Å². The zero-order chi connectivity index (χ0) is 15.4. The quantitative estimate of drug-likeness (QED) is 0.915. The van der Waals surface area contributed by atoms with E-state index < -0.39 is 0 Å². The van der Waals surface area contributed by atoms with Crippen LogP contribution in [-0.2, 0) is 6.54 Å². The number of pyridine rings is 2. The predicted octanol–water partition coefficient (Wildman–Crippen LogP) is 1.06. The largest absolute Gasteiger partial charge is 0.339 e. The van der Waals surface area contributed by atoms with Gasteiger partial charge in [-0.25, -0.2) is 9.80 Å². The van der Waals surface area contributed by atoms with Crippen molar-refractivity contribution in [1.82, 2.24) is 25.3 Å². The minimum absolute atomic E-state index is 0.216. The third kappa shape index (κ3) is 3.03. The molecule has 2 aromatic heterocycles. The fourth-order valence-electron chi connectivity index (χ4n) is 2.24. The van der Waals surface area contributed by atoms with Crippen molar-refractivity contribution in [3.63, 3.8) is 0 Å². The van der Waals surface area contributed by atoms with Gasteiger partial charge in [-0.1, -0.05) is 6.07 Å². The van der Waals surface area contributed by atoms with E-state index in [1.165, 1.54) is 17.4 Å². The molecule has 1 N–H and O–H groups in total. The van der Waals surface area contributed by atoms with Gasteiger partial charge in [-0.2, -0.15) is 0 Å². The second-order valence-electron chi connectivity index (χ2n) is 4.89. The van der Waals surface area contributed by atoms with Crippen LogP contribution in [-0.4, -0.2) is 44.9 Å². The molecule has 3 rings (SSSR count). The summed E-state index contributed by atoms with van der Waals surface area (Å²) in [7, 11) is 0. The molecule has 1 saturated heterocycles. The van der Waals surface area contributed by atoms with Crippen LogP contribution in [0.25, 0.3) is 0 Å². The molecular formula is C15H15N5O2. The topological polar surface area (TPSA) is 78.4 Å². The van der Waals surface area contributed by atoms with E-state index in [2.05, 4.69) is 15.4 Å². The maximum absolute atomic E-state index is 12.3. The number of urea groups is 1. The van der Waals surface area contributed by atoms with Gasteiger partial charge in [0, 0.05) is 43.4 Å². The van der Waals surface area contributed by atoms with Crippen molar-refractivity contribution in [3.8, 4) is 0 Å². The number of nitrogens with one attached hydrogen (secondary N) is 1. The van der Waals surface area contributed by atoms with Crippen LogP contribution in [0.3, 0.4) is 0 Å². The number of hydrazine groups is 1. The molecule has 2 aromatic rings. The molecule has 1 fully saturated rings. The number of rotatable bonds is 4. The minimum atomic E-state index is -0.320. The lowest BCUT2D eigenvalue weighted by molar-refractivity contribution is 0.0845. The van der Waals surface area contributed by atoms with Gasteiger partial charge in [0.05, 0.1) is 6.54 Å². The van der Waals surface area contributed by atoms with Crippen LogP contribution >= 0.6 is 0 Å². The molecule has 7 nitrogen and oxygen atoms in total. The van der Waals surface area contributed by atoms with Crippen molar-refractivity contribution in [2.24, 2.45) is 0 Å². The highest BCUT2D eigenvalue weighted by Crippen LogP contribution is 2.11. The molecule has 112 valence electrons. The van der Waals surface area contributed by atoms with Crippen LogP contribution in [0.1, 0.15) is 15.9 Å². The van der Waals surface area contributed by atoms with E-state index in [9.17, 15) is 9.59 Å². The fraction of sp³-hybridized carbons (Fsp3) is 0.200. The lowest BCUT2D eigenvalue weighted by Crippen LogP contribution is -2.44. The Bertz CT molecular complexity index is 662. The molecule has 1 aliphatic rings. The third-order valence-corrected chi connectivity index (χ3v) is 3.37. The normalized spacial score (nSPS) is 14.3. The van der Waals surface area contributed by atoms with Gasteiger partial charge in [-0.05, 0) is 23.8 Å². The van der Waals surface area contributed by atoms with Crippen molar-refractivity contribution in [2.75, 3.05) is 13.1 Å². The number of carbonyl (C=O) groups is 2. The molecule has 0 saturated carbocycles. The molecular weight excluding hydrogens is 282 g/mol. The van der Waals surface area contributed by atoms with Gasteiger partial charge in [0.25, 0.3) is 5.91 Å². The number of carbonyl (C=O) groups excluding carboxylic acids is 2. The summed E-state index contributed by atoms with van der Waals surface area (Å²) in [6, 6.07) is 6.73. The second-order valence-corrected chi connectivity index (χ2v) is 4.89. The van der Waals surface area contributed by atoms with Gasteiger partial charge >= 0.3 is 6.03 Å². The zero-order valence-corrected chi connectivity index (χ0v) is 11.8. The van der Waals surface area contributed by atoms with Crippen LogP contribution in [0.2, 0.25) is 0 Å². The number of aromatic nitrogens is 2. The molecule has 0 radical (unpaired) electrons. The Kier molecular flexibility index (Phi) is 3.95. The van der Waals surface area contributed by atoms with E-state index >= 15 is 0 Å². The SMILES string of the molecule is O=C(NN1CCN(Cc2cccnc2)C1=O)c1ccncc1. The Morgan fingerprint density at radius 2 is 1.95 bits per heavy atom. The molecule has 3 heterocycles. The summed E-state index contributed by atoms with van der Waals surface area (Å²) >= 11 is 0. The summed E-state index contributed by atoms with van der Waals surface area (Å²) in [6.45, 7) is 1.49. The number of hydrogen-bond acceptors (Lipinski definition) is 4. The lowest BCUT2D eigenvalue weighted by atomic mass is 10.2. The van der Waals surface area contributed by atoms with E-state index in [4.69, 9.17) is 0 Å². The number of hydrogen-bond donors (Lipinski definition) is 1. The van der Waals surface area contributed by atoms with Crippen molar-refractivity contribution in [1.29, 1.82) is 0 Å². The Hall–Kier alpha value is -2.96. The van der Waals surface area contributed by atoms with E-state index in [0.717, 1.165) is 5.56 Å². The molecule has 7 heteroatoms. The van der Waals surface area contributed by atoms with Crippen LogP contribution in [0.5, 0.6) is 0 Å². The summed E-state index contributed by atoms with van der Waals surface area (Å²) < 4.78 is 0. The van der Waals surface area contributed by atoms with Crippen molar-refractivity contribution in [2.45, 2.75) is 6.54 Å². The molecule has 22 heavy (non-hydrogen) atoms. The average Bonchev–Trinajstić information content (AvgIpc) is 2.90. The monoisotopic (exact) mass is 297 g/mol. The summed E-state index contributed by atoms with van der Waals surface area (Å²) in [6.07, 6.45) is 6.49. The highest BCUT2D eigenvalue weighted by atomic mass is 16.2. The van der Waals surface area contributed by atoms with Gasteiger partial charge in [0.2, 0.25) is 0 Å². The standard InChI is InChI=1S/C15H15N5O2/c21-14(13-3-6-16-7-4-13)18-20-9-8-19(15(20)22)11-12-2-1-5-17-10-12/h1-7,10H,8-9,11H2,(H,18,21). The molecule has 0 aliphatic carbocycles. The van der Waals surface area contributed by atoms with E-state index in [0.29, 0.717) is 25.2 Å². The minimum Gasteiger partial charge on any atom is -0.317 e. The molecule has 0 atom stereocenters. The molecule has 3 amide bonds. The molecule has 1 aliphatic heterocycles. The van der Waals surface area contributed by atoms with Crippen molar-refractivity contribution < 1.29 is 9.59 Å². The van der Waals surface area contributed by atoms with E-state index in [-0.39, 0.29) is 11.9 Å². The third-order valence-electron chi connectivity index (χ3n) is 3.37. The van der Waals surface area contributed by atoms with Gasteiger partial charge < -0.3 is 4.90 Å². The van der Waals surface area contributed by atoms with E-state index in [1.807, 2.05) is 12.1 Å². The molecule has 0 spiro atoms. The first-order valence-corrected chi connectivity index (χ1v) is 6.90. The highest BCUT2D eigenvalue weighted by molar-refractivity contribution is 5.95. The van der Waals surface area contributed by atoms with Crippen LogP contribution in [0, 0.1) is 0 Å². The van der Waals surface area contributed by atoms with Gasteiger partial charge in [-0.3, -0.25) is 20.2 Å². The predicted molar refractivity (Wildman–Crippen MR) is 78.5 cm³/mol. The Balaban J connectivity index is 1.61. The molecule has 0 aromatic carbocycles. The molecule has 0 unspecified atom stereocenters. The summed E-state index contributed by atoms with van der Waals surface area (Å²) in [5.41, 5.74) is 4.04. The zero-order valence-electron chi connectivity index (χ0n) is 11.8. The Morgan fingerprint density at radius 1 is 1.14 bits per heavy atom. The van der Waals surface area contributed by atoms with Crippen LogP contribution < -0.4 is 5.43 Å². The first-order valence-electron chi connectivity index (χ1n) is 6.90. The van der Waals surface area contributed by atoms with Crippen LogP contribution in [0.4, 0.5) is 4.79 Å². The smallest absolute Gasteiger partial charge is 0.317 e. The van der Waals surface area contributed by atoms with Crippen molar-refractivity contribution in [3.05, 3.63) is 60.2 Å². The fourth-order valence-corrected chi connectivity index (χ4v) is 2.24. The summed E-state index contributed by atoms with van der Waals surface area (Å²) in [4.78, 5) is 33.9. The first kappa shape index (κ1) is 14.0. The second kappa shape index (κ2) is 6.21. The first-order chi connectivity index (χ1) is 10.7. The van der Waals surface area contributed by atoms with Gasteiger partial charge in [-0.15, -0.1) is 0 Å². The lowest BCUT2D eigenvalue weighted by Gasteiger charge is -2.19. The Labute approximate surface area is 127 Å². The Morgan fingerprint density at radius 3 is 2.68 bits per heavy atom. The molecule has 0 bridgehead atoms. The highest BCUT2D eigenvalue weighted by Gasteiger charge is 2.29. The van der Waals surface area contributed by atoms with Crippen molar-refractivity contribution >= 4 is 11.9 Å². The number of amides is 3. The van der Waals surface area contributed by atoms with Crippen LogP contribution in [0.15, 0.2) is 49.1 Å². The number of nitrogens with zero attached hydrogens (tertiary/aromatic N) is 4. The maximum Gasteiger partial charge on any atom is 0.339 e.